The minimum absolute atomic E-state index is 0.00917. The van der Waals surface area contributed by atoms with Crippen molar-refractivity contribution in [2.45, 2.75) is 50.6 Å². The van der Waals surface area contributed by atoms with Crippen LogP contribution < -0.4 is 10.9 Å². The molecule has 1 aromatic carbocycles. The summed E-state index contributed by atoms with van der Waals surface area (Å²) in [6.07, 6.45) is 4.70. The first-order valence-corrected chi connectivity index (χ1v) is 10.3. The zero-order valence-corrected chi connectivity index (χ0v) is 16.5. The zero-order chi connectivity index (χ0) is 19.6. The molecule has 2 heterocycles. The topological polar surface area (TPSA) is 74.4 Å². The van der Waals surface area contributed by atoms with Gasteiger partial charge in [0.2, 0.25) is 5.91 Å². The van der Waals surface area contributed by atoms with E-state index >= 15 is 0 Å². The number of fused-ring (bicyclic) bond motifs is 1. The third-order valence-corrected chi connectivity index (χ3v) is 6.48. The highest BCUT2D eigenvalue weighted by Crippen LogP contribution is 2.38. The number of H-pyrrole nitrogens is 1. The molecule has 6 heteroatoms. The van der Waals surface area contributed by atoms with Crippen LogP contribution in [0.4, 0.5) is 0 Å². The Bertz CT molecular complexity index is 895. The molecule has 1 aliphatic heterocycles. The van der Waals surface area contributed by atoms with Crippen LogP contribution in [0.25, 0.3) is 10.9 Å². The number of amides is 1. The second-order valence-electron chi connectivity index (χ2n) is 8.09. The number of aromatic amines is 1. The number of hydrogen-bond donors (Lipinski definition) is 2. The highest BCUT2D eigenvalue weighted by Gasteiger charge is 2.44. The molecule has 0 bridgehead atoms. The maximum Gasteiger partial charge on any atom is 0.252 e. The third-order valence-electron chi connectivity index (χ3n) is 6.48. The van der Waals surface area contributed by atoms with Crippen LogP contribution in [0.15, 0.2) is 35.1 Å². The normalized spacial score (nSPS) is 20.9. The minimum atomic E-state index is -0.190. The van der Waals surface area contributed by atoms with Gasteiger partial charge in [-0.3, -0.25) is 14.5 Å². The molecule has 4 rings (SSSR count). The van der Waals surface area contributed by atoms with Crippen molar-refractivity contribution in [2.24, 2.45) is 0 Å². The monoisotopic (exact) mass is 383 g/mol. The van der Waals surface area contributed by atoms with Crippen LogP contribution in [-0.2, 0) is 16.0 Å². The average molecular weight is 383 g/mol. The molecule has 2 fully saturated rings. The average Bonchev–Trinajstić information content (AvgIpc) is 3.20. The number of carbonyl (C=O) groups excluding carboxylic acids is 1. The minimum Gasteiger partial charge on any atom is -0.379 e. The molecule has 1 amide bonds. The van der Waals surface area contributed by atoms with Crippen molar-refractivity contribution in [1.29, 1.82) is 0 Å². The largest absolute Gasteiger partial charge is 0.379 e. The Kier molecular flexibility index (Phi) is 5.51. The summed E-state index contributed by atoms with van der Waals surface area (Å²) in [6.45, 7) is 5.47. The fourth-order valence-electron chi connectivity index (χ4n) is 4.94. The molecule has 1 unspecified atom stereocenters. The van der Waals surface area contributed by atoms with Crippen LogP contribution in [-0.4, -0.2) is 53.7 Å². The van der Waals surface area contributed by atoms with Gasteiger partial charge in [-0.15, -0.1) is 0 Å². The van der Waals surface area contributed by atoms with E-state index in [-0.39, 0.29) is 29.5 Å². The second-order valence-corrected chi connectivity index (χ2v) is 8.09. The number of aromatic nitrogens is 1. The number of nitrogens with one attached hydrogen (secondary N) is 2. The molecular formula is C22H29N3O3. The van der Waals surface area contributed by atoms with Crippen LogP contribution in [0.2, 0.25) is 0 Å². The Hall–Kier alpha value is -2.18. The van der Waals surface area contributed by atoms with Gasteiger partial charge in [0.05, 0.1) is 19.6 Å². The number of morpholine rings is 1. The van der Waals surface area contributed by atoms with Gasteiger partial charge in [-0.2, -0.15) is 0 Å². The molecule has 2 aliphatic rings. The molecule has 0 radical (unpaired) electrons. The fourth-order valence-corrected chi connectivity index (χ4v) is 4.94. The molecule has 2 aromatic rings. The van der Waals surface area contributed by atoms with Gasteiger partial charge < -0.3 is 15.0 Å². The molecule has 1 atom stereocenters. The lowest BCUT2D eigenvalue weighted by Gasteiger charge is -2.47. The highest BCUT2D eigenvalue weighted by atomic mass is 16.5. The molecule has 1 aliphatic carbocycles. The Morgan fingerprint density at radius 1 is 1.25 bits per heavy atom. The van der Waals surface area contributed by atoms with E-state index in [1.54, 1.807) is 0 Å². The zero-order valence-electron chi connectivity index (χ0n) is 16.5. The number of benzene rings is 1. The summed E-state index contributed by atoms with van der Waals surface area (Å²) < 4.78 is 5.53. The smallest absolute Gasteiger partial charge is 0.252 e. The van der Waals surface area contributed by atoms with E-state index in [4.69, 9.17) is 4.74 Å². The van der Waals surface area contributed by atoms with Crippen molar-refractivity contribution < 1.29 is 9.53 Å². The van der Waals surface area contributed by atoms with E-state index in [1.807, 2.05) is 30.3 Å². The molecular weight excluding hydrogens is 354 g/mol. The molecule has 28 heavy (non-hydrogen) atoms. The van der Waals surface area contributed by atoms with E-state index in [0.29, 0.717) is 5.56 Å². The van der Waals surface area contributed by atoms with Gasteiger partial charge in [0.25, 0.3) is 5.56 Å². The molecule has 1 saturated carbocycles. The summed E-state index contributed by atoms with van der Waals surface area (Å²) in [6, 6.07) is 9.50. The van der Waals surface area contributed by atoms with Gasteiger partial charge in [-0.25, -0.2) is 0 Å². The Balaban J connectivity index is 1.48. The van der Waals surface area contributed by atoms with Gasteiger partial charge in [0.1, 0.15) is 0 Å². The van der Waals surface area contributed by atoms with Crippen LogP contribution in [0.5, 0.6) is 0 Å². The van der Waals surface area contributed by atoms with E-state index in [1.165, 1.54) is 12.8 Å². The van der Waals surface area contributed by atoms with Crippen molar-refractivity contribution >= 4 is 16.8 Å². The molecule has 150 valence electrons. The Labute approximate surface area is 165 Å². The summed E-state index contributed by atoms with van der Waals surface area (Å²) >= 11 is 0. The summed E-state index contributed by atoms with van der Waals surface area (Å²) in [5.74, 6) is -0.0900. The molecule has 2 N–H and O–H groups in total. The van der Waals surface area contributed by atoms with E-state index in [0.717, 1.165) is 50.0 Å². The summed E-state index contributed by atoms with van der Waals surface area (Å²) in [5, 5.41) is 4.15. The van der Waals surface area contributed by atoms with Gasteiger partial charge in [-0.05, 0) is 37.3 Å². The maximum absolute atomic E-state index is 12.8. The molecule has 6 nitrogen and oxygen atoms in total. The standard InChI is InChI=1S/C22H29N3O3/c1-16(22(8-4-5-9-22)25-10-12-28-13-11-25)23-20(26)15-18-14-17-6-2-3-7-19(17)24-21(18)27/h2-3,6-7,14,16H,4-5,8-13,15H2,1H3,(H,23,26)(H,24,27). The molecule has 1 aromatic heterocycles. The number of hydrogen-bond acceptors (Lipinski definition) is 4. The van der Waals surface area contributed by atoms with Gasteiger partial charge >= 0.3 is 0 Å². The number of para-hydroxylation sites is 1. The van der Waals surface area contributed by atoms with Crippen molar-refractivity contribution in [1.82, 2.24) is 15.2 Å². The molecule has 1 saturated heterocycles. The van der Waals surface area contributed by atoms with Crippen LogP contribution in [0, 0.1) is 0 Å². The number of carbonyl (C=O) groups is 1. The van der Waals surface area contributed by atoms with Crippen molar-refractivity contribution in [3.05, 3.63) is 46.2 Å². The van der Waals surface area contributed by atoms with E-state index < -0.39 is 0 Å². The summed E-state index contributed by atoms with van der Waals surface area (Å²) in [7, 11) is 0. The van der Waals surface area contributed by atoms with E-state index in [2.05, 4.69) is 22.1 Å². The third kappa shape index (κ3) is 3.71. The van der Waals surface area contributed by atoms with Gasteiger partial charge in [0, 0.05) is 35.8 Å². The fraction of sp³-hybridized carbons (Fsp3) is 0.545. The van der Waals surface area contributed by atoms with Crippen molar-refractivity contribution in [3.8, 4) is 0 Å². The predicted molar refractivity (Wildman–Crippen MR) is 109 cm³/mol. The second kappa shape index (κ2) is 8.05. The number of nitrogens with zero attached hydrogens (tertiary/aromatic N) is 1. The van der Waals surface area contributed by atoms with Crippen molar-refractivity contribution in [2.75, 3.05) is 26.3 Å². The first-order valence-electron chi connectivity index (χ1n) is 10.3. The van der Waals surface area contributed by atoms with Crippen LogP contribution >= 0.6 is 0 Å². The lowest BCUT2D eigenvalue weighted by atomic mass is 9.86. The number of rotatable bonds is 5. The first kappa shape index (κ1) is 19.2. The number of ether oxygens (including phenoxy) is 1. The molecule has 0 spiro atoms. The summed E-state index contributed by atoms with van der Waals surface area (Å²) in [5.41, 5.74) is 1.12. The maximum atomic E-state index is 12.8. The van der Waals surface area contributed by atoms with Gasteiger partial charge in [-0.1, -0.05) is 31.0 Å². The number of pyridine rings is 1. The lowest BCUT2D eigenvalue weighted by molar-refractivity contribution is -0.122. The highest BCUT2D eigenvalue weighted by molar-refractivity contribution is 5.82. The lowest BCUT2D eigenvalue weighted by Crippen LogP contribution is -2.62. The SMILES string of the molecule is CC(NC(=O)Cc1cc2ccccc2[nH]c1=O)C1(N2CCOCC2)CCCC1. The summed E-state index contributed by atoms with van der Waals surface area (Å²) in [4.78, 5) is 30.5. The van der Waals surface area contributed by atoms with Gasteiger partial charge in [0.15, 0.2) is 0 Å². The van der Waals surface area contributed by atoms with Crippen LogP contribution in [0.1, 0.15) is 38.2 Å². The first-order chi connectivity index (χ1) is 13.6. The Morgan fingerprint density at radius 3 is 2.71 bits per heavy atom. The Morgan fingerprint density at radius 2 is 1.96 bits per heavy atom. The van der Waals surface area contributed by atoms with E-state index in [9.17, 15) is 9.59 Å². The van der Waals surface area contributed by atoms with Crippen molar-refractivity contribution in [3.63, 3.8) is 0 Å². The van der Waals surface area contributed by atoms with Crippen LogP contribution in [0.3, 0.4) is 0 Å². The predicted octanol–water partition coefficient (Wildman–Crippen LogP) is 2.22. The quantitative estimate of drug-likeness (QED) is 0.830.